The summed E-state index contributed by atoms with van der Waals surface area (Å²) in [5, 5.41) is 8.50. The first kappa shape index (κ1) is 6.79. The van der Waals surface area contributed by atoms with E-state index in [-0.39, 0.29) is 6.15 Å². The van der Waals surface area contributed by atoms with Crippen LogP contribution in [0.25, 0.3) is 0 Å². The van der Waals surface area contributed by atoms with Gasteiger partial charge in [-0.3, -0.25) is 0 Å². The smallest absolute Gasteiger partial charge is 0.0994 e. The van der Waals surface area contributed by atoms with Crippen LogP contribution in [0.3, 0.4) is 0 Å². The summed E-state index contributed by atoms with van der Waals surface area (Å²) in [4.78, 5) is 0. The minimum Gasteiger partial charge on any atom is -0.344 e. The quantitative estimate of drug-likeness (QED) is 0.592. The van der Waals surface area contributed by atoms with Crippen LogP contribution in [0.5, 0.6) is 0 Å². The summed E-state index contributed by atoms with van der Waals surface area (Å²) in [5.41, 5.74) is 3.45. The predicted molar refractivity (Wildman–Crippen MR) is 39.0 cm³/mol. The minimum absolute atomic E-state index is 0. The van der Waals surface area contributed by atoms with Crippen molar-refractivity contribution in [1.82, 2.24) is 6.15 Å². The first-order valence-electron chi connectivity index (χ1n) is 2.92. The van der Waals surface area contributed by atoms with Crippen molar-refractivity contribution >= 4 is 0 Å². The fourth-order valence-corrected chi connectivity index (χ4v) is 1.04. The molecule has 0 aliphatic heterocycles. The molecule has 50 valence electrons. The van der Waals surface area contributed by atoms with Gasteiger partial charge in [0.15, 0.2) is 0 Å². The van der Waals surface area contributed by atoms with Gasteiger partial charge in [-0.1, -0.05) is 12.1 Å². The lowest BCUT2D eigenvalue weighted by atomic mass is 10.2. The summed E-state index contributed by atoms with van der Waals surface area (Å²) in [5.74, 6) is 0. The van der Waals surface area contributed by atoms with E-state index < -0.39 is 0 Å². The first-order chi connectivity index (χ1) is 4.42. The molecule has 0 amide bonds. The molecule has 0 saturated heterocycles. The molecule has 0 radical (unpaired) electrons. The zero-order chi connectivity index (χ0) is 6.27. The van der Waals surface area contributed by atoms with Gasteiger partial charge in [0.25, 0.3) is 0 Å². The van der Waals surface area contributed by atoms with Gasteiger partial charge in [-0.2, -0.15) is 5.26 Å². The van der Waals surface area contributed by atoms with Crippen LogP contribution >= 0.6 is 0 Å². The lowest BCUT2D eigenvalue weighted by Gasteiger charge is -1.79. The highest BCUT2D eigenvalue weighted by molar-refractivity contribution is 5.55. The molecule has 1 aromatic rings. The second kappa shape index (κ2) is 2.13. The Hall–Kier alpha value is -1.33. The standard InChI is InChI=1S/C8H5N.H3N/c9-5-7-3-1-2-6-4-8(6)7;/h1-3H,4H2;1H3. The van der Waals surface area contributed by atoms with Gasteiger partial charge >= 0.3 is 0 Å². The van der Waals surface area contributed by atoms with E-state index in [1.165, 1.54) is 11.1 Å². The molecule has 3 N–H and O–H groups in total. The maximum atomic E-state index is 8.50. The number of rotatable bonds is 0. The van der Waals surface area contributed by atoms with Crippen LogP contribution in [0.2, 0.25) is 0 Å². The van der Waals surface area contributed by atoms with Crippen molar-refractivity contribution in [2.45, 2.75) is 6.42 Å². The molecular formula is C8H8N2. The Bertz CT molecular complexity index is 297. The third-order valence-electron chi connectivity index (χ3n) is 1.64. The van der Waals surface area contributed by atoms with Gasteiger partial charge < -0.3 is 6.15 Å². The largest absolute Gasteiger partial charge is 0.344 e. The average Bonchev–Trinajstić information content (AvgIpc) is 2.64. The van der Waals surface area contributed by atoms with E-state index in [0.29, 0.717) is 0 Å². The summed E-state index contributed by atoms with van der Waals surface area (Å²) < 4.78 is 0. The summed E-state index contributed by atoms with van der Waals surface area (Å²) in [7, 11) is 0. The molecule has 10 heavy (non-hydrogen) atoms. The fourth-order valence-electron chi connectivity index (χ4n) is 1.04. The van der Waals surface area contributed by atoms with E-state index >= 15 is 0 Å². The lowest BCUT2D eigenvalue weighted by molar-refractivity contribution is 1.48. The molecule has 0 atom stereocenters. The molecule has 1 aliphatic carbocycles. The van der Waals surface area contributed by atoms with Crippen molar-refractivity contribution in [3.63, 3.8) is 0 Å². The summed E-state index contributed by atoms with van der Waals surface area (Å²) in [6.45, 7) is 0. The maximum Gasteiger partial charge on any atom is 0.0994 e. The van der Waals surface area contributed by atoms with Gasteiger partial charge in [0.2, 0.25) is 0 Å². The highest BCUT2D eigenvalue weighted by Crippen LogP contribution is 2.30. The summed E-state index contributed by atoms with van der Waals surface area (Å²) in [6, 6.07) is 8.01. The number of nitriles is 1. The molecule has 0 unspecified atom stereocenters. The van der Waals surface area contributed by atoms with Gasteiger partial charge in [0.1, 0.15) is 0 Å². The zero-order valence-electron chi connectivity index (χ0n) is 5.59. The van der Waals surface area contributed by atoms with Crippen LogP contribution in [-0.2, 0) is 6.42 Å². The maximum absolute atomic E-state index is 8.50. The van der Waals surface area contributed by atoms with E-state index in [4.69, 9.17) is 5.26 Å². The topological polar surface area (TPSA) is 58.8 Å². The number of hydrogen-bond acceptors (Lipinski definition) is 2. The normalized spacial score (nSPS) is 10.7. The van der Waals surface area contributed by atoms with Crippen molar-refractivity contribution in [1.29, 1.82) is 5.26 Å². The molecule has 1 aliphatic rings. The molecule has 0 heterocycles. The monoisotopic (exact) mass is 132 g/mol. The van der Waals surface area contributed by atoms with Gasteiger partial charge in [0.05, 0.1) is 11.6 Å². The van der Waals surface area contributed by atoms with E-state index in [0.717, 1.165) is 12.0 Å². The minimum atomic E-state index is 0. The number of nitrogens with zero attached hydrogens (tertiary/aromatic N) is 1. The summed E-state index contributed by atoms with van der Waals surface area (Å²) >= 11 is 0. The zero-order valence-corrected chi connectivity index (χ0v) is 5.59. The van der Waals surface area contributed by atoms with Crippen molar-refractivity contribution in [3.05, 3.63) is 34.9 Å². The molecule has 0 aromatic heterocycles. The Balaban J connectivity index is 0.000000500. The molecule has 0 fully saturated rings. The molecular weight excluding hydrogens is 124 g/mol. The van der Waals surface area contributed by atoms with Gasteiger partial charge in [0, 0.05) is 0 Å². The van der Waals surface area contributed by atoms with Crippen LogP contribution in [0.15, 0.2) is 18.2 Å². The number of hydrogen-bond donors (Lipinski definition) is 1. The Morgan fingerprint density at radius 2 is 2.20 bits per heavy atom. The van der Waals surface area contributed by atoms with Gasteiger partial charge in [-0.25, -0.2) is 0 Å². The molecule has 0 bridgehead atoms. The van der Waals surface area contributed by atoms with Crippen LogP contribution in [0.1, 0.15) is 16.7 Å². The Morgan fingerprint density at radius 1 is 1.40 bits per heavy atom. The van der Waals surface area contributed by atoms with Crippen LogP contribution in [-0.4, -0.2) is 0 Å². The second-order valence-electron chi connectivity index (χ2n) is 2.23. The van der Waals surface area contributed by atoms with E-state index in [1.54, 1.807) is 0 Å². The number of benzene rings is 1. The molecule has 1 aromatic carbocycles. The van der Waals surface area contributed by atoms with Crippen molar-refractivity contribution in [2.75, 3.05) is 0 Å². The third-order valence-corrected chi connectivity index (χ3v) is 1.64. The predicted octanol–water partition coefficient (Wildman–Crippen LogP) is 1.62. The van der Waals surface area contributed by atoms with E-state index in [2.05, 4.69) is 12.1 Å². The molecule has 2 heteroatoms. The van der Waals surface area contributed by atoms with Crippen molar-refractivity contribution in [2.24, 2.45) is 0 Å². The Labute approximate surface area is 59.7 Å². The van der Waals surface area contributed by atoms with E-state index in [9.17, 15) is 0 Å². The average molecular weight is 132 g/mol. The molecule has 0 saturated carbocycles. The lowest BCUT2D eigenvalue weighted by Crippen LogP contribution is -1.67. The first-order valence-corrected chi connectivity index (χ1v) is 2.92. The molecule has 2 rings (SSSR count). The van der Waals surface area contributed by atoms with Crippen molar-refractivity contribution < 1.29 is 0 Å². The SMILES string of the molecule is N.N#Cc1cccc2c1C2. The van der Waals surface area contributed by atoms with Crippen LogP contribution in [0.4, 0.5) is 0 Å². The molecule has 2 nitrogen and oxygen atoms in total. The van der Waals surface area contributed by atoms with Gasteiger partial charge in [-0.05, 0) is 23.6 Å². The highest BCUT2D eigenvalue weighted by atomic mass is 14.3. The molecule has 0 spiro atoms. The van der Waals surface area contributed by atoms with Crippen molar-refractivity contribution in [3.8, 4) is 6.07 Å². The van der Waals surface area contributed by atoms with Crippen LogP contribution in [0, 0.1) is 11.3 Å². The third kappa shape index (κ3) is 0.772. The fraction of sp³-hybridized carbons (Fsp3) is 0.125. The summed E-state index contributed by atoms with van der Waals surface area (Å²) in [6.07, 6.45) is 1.04. The Kier molecular flexibility index (Phi) is 1.44. The highest BCUT2D eigenvalue weighted by Gasteiger charge is 2.19. The van der Waals surface area contributed by atoms with E-state index in [1.807, 2.05) is 12.1 Å². The number of fused-ring (bicyclic) bond motifs is 1. The Morgan fingerprint density at radius 3 is 2.80 bits per heavy atom. The van der Waals surface area contributed by atoms with Gasteiger partial charge in [-0.15, -0.1) is 0 Å². The second-order valence-corrected chi connectivity index (χ2v) is 2.23. The van der Waals surface area contributed by atoms with Crippen LogP contribution < -0.4 is 6.15 Å².